The zero-order valence-corrected chi connectivity index (χ0v) is 11.2. The molecule has 2 aliphatic rings. The first-order chi connectivity index (χ1) is 9.72. The number of benzene rings is 1. The molecule has 2 heterocycles. The van der Waals surface area contributed by atoms with Crippen LogP contribution in [-0.4, -0.2) is 36.1 Å². The molecule has 0 spiro atoms. The lowest BCUT2D eigenvalue weighted by molar-refractivity contribution is 0.0448. The van der Waals surface area contributed by atoms with Crippen molar-refractivity contribution in [1.82, 2.24) is 5.32 Å². The summed E-state index contributed by atoms with van der Waals surface area (Å²) in [6.45, 7) is 1.29. The number of carbonyl (C=O) groups is 1. The predicted octanol–water partition coefficient (Wildman–Crippen LogP) is 2.02. The highest BCUT2D eigenvalue weighted by Gasteiger charge is 2.47. The zero-order chi connectivity index (χ0) is 13.9. The van der Waals surface area contributed by atoms with E-state index in [2.05, 4.69) is 5.32 Å². The maximum Gasteiger partial charge on any atom is 0.404 e. The molecule has 1 unspecified atom stereocenters. The van der Waals surface area contributed by atoms with Crippen LogP contribution in [0.5, 0.6) is 0 Å². The minimum Gasteiger partial charge on any atom is -0.465 e. The van der Waals surface area contributed by atoms with Gasteiger partial charge in [-0.05, 0) is 18.4 Å². The molecule has 108 valence electrons. The number of fused-ring (bicyclic) bond motifs is 2. The summed E-state index contributed by atoms with van der Waals surface area (Å²) in [5.74, 6) is 0.385. The normalized spacial score (nSPS) is 31.4. The van der Waals surface area contributed by atoms with Crippen molar-refractivity contribution >= 4 is 6.09 Å². The van der Waals surface area contributed by atoms with E-state index in [1.807, 2.05) is 30.3 Å². The molecular formula is C15H19NO4. The van der Waals surface area contributed by atoms with Crippen LogP contribution in [-0.2, 0) is 16.1 Å². The summed E-state index contributed by atoms with van der Waals surface area (Å²) in [6, 6.07) is 10.0. The van der Waals surface area contributed by atoms with Crippen LogP contribution in [0.3, 0.4) is 0 Å². The van der Waals surface area contributed by atoms with Crippen molar-refractivity contribution in [3.63, 3.8) is 0 Å². The van der Waals surface area contributed by atoms with Crippen molar-refractivity contribution in [2.24, 2.45) is 5.92 Å². The van der Waals surface area contributed by atoms with Crippen LogP contribution in [0.1, 0.15) is 18.4 Å². The zero-order valence-electron chi connectivity index (χ0n) is 11.2. The molecule has 5 nitrogen and oxygen atoms in total. The molecule has 0 aliphatic carbocycles. The predicted molar refractivity (Wildman–Crippen MR) is 72.4 cm³/mol. The van der Waals surface area contributed by atoms with Gasteiger partial charge in [-0.1, -0.05) is 30.3 Å². The van der Waals surface area contributed by atoms with Crippen LogP contribution < -0.4 is 5.32 Å². The van der Waals surface area contributed by atoms with Gasteiger partial charge in [0.05, 0.1) is 31.5 Å². The largest absolute Gasteiger partial charge is 0.465 e. The Hall–Kier alpha value is -1.59. The van der Waals surface area contributed by atoms with E-state index in [0.29, 0.717) is 19.1 Å². The quantitative estimate of drug-likeness (QED) is 0.864. The van der Waals surface area contributed by atoms with Gasteiger partial charge in [-0.25, -0.2) is 4.79 Å². The lowest BCUT2D eigenvalue weighted by atomic mass is 9.86. The van der Waals surface area contributed by atoms with Crippen molar-refractivity contribution in [2.45, 2.75) is 37.7 Å². The highest BCUT2D eigenvalue weighted by Crippen LogP contribution is 2.39. The van der Waals surface area contributed by atoms with Gasteiger partial charge in [0.25, 0.3) is 0 Å². The Balaban J connectivity index is 1.42. The van der Waals surface area contributed by atoms with Crippen molar-refractivity contribution in [3.05, 3.63) is 35.9 Å². The standard InChI is InChI=1S/C15H19NO4/c17-15(18)16-12-7-13-11(6-14(12)20-13)9-19-8-10-4-2-1-3-5-10/h1-5,11-14,16H,6-9H2,(H,17,18)/t11?,12-,13+,14+/m0/s1. The highest BCUT2D eigenvalue weighted by atomic mass is 16.5. The van der Waals surface area contributed by atoms with E-state index in [1.165, 1.54) is 5.56 Å². The van der Waals surface area contributed by atoms with Gasteiger partial charge in [-0.2, -0.15) is 0 Å². The smallest absolute Gasteiger partial charge is 0.404 e. The summed E-state index contributed by atoms with van der Waals surface area (Å²) in [4.78, 5) is 10.7. The van der Waals surface area contributed by atoms with Crippen molar-refractivity contribution in [3.8, 4) is 0 Å². The Bertz CT molecular complexity index is 464. The third-order valence-electron chi connectivity index (χ3n) is 4.10. The Labute approximate surface area is 117 Å². The first-order valence-corrected chi connectivity index (χ1v) is 6.99. The Kier molecular flexibility index (Phi) is 3.89. The van der Waals surface area contributed by atoms with Gasteiger partial charge in [-0.3, -0.25) is 0 Å². The molecule has 3 rings (SSSR count). The lowest BCUT2D eigenvalue weighted by Crippen LogP contribution is -2.42. The summed E-state index contributed by atoms with van der Waals surface area (Å²) in [5.41, 5.74) is 1.17. The van der Waals surface area contributed by atoms with Crippen LogP contribution in [0, 0.1) is 5.92 Å². The fourth-order valence-corrected chi connectivity index (χ4v) is 3.14. The summed E-state index contributed by atoms with van der Waals surface area (Å²) in [5, 5.41) is 11.3. The van der Waals surface area contributed by atoms with Crippen LogP contribution in [0.4, 0.5) is 4.79 Å². The summed E-state index contributed by atoms with van der Waals surface area (Å²) >= 11 is 0. The van der Waals surface area contributed by atoms with Gasteiger partial charge < -0.3 is 19.9 Å². The van der Waals surface area contributed by atoms with Crippen LogP contribution in [0.2, 0.25) is 0 Å². The van der Waals surface area contributed by atoms with Gasteiger partial charge in [0, 0.05) is 5.92 Å². The second kappa shape index (κ2) is 5.81. The molecule has 2 N–H and O–H groups in total. The number of amides is 1. The summed E-state index contributed by atoms with van der Waals surface area (Å²) in [6.07, 6.45) is 0.817. The first kappa shape index (κ1) is 13.4. The van der Waals surface area contributed by atoms with Gasteiger partial charge in [0.15, 0.2) is 0 Å². The number of rotatable bonds is 5. The molecule has 4 atom stereocenters. The minimum absolute atomic E-state index is 0.0152. The molecule has 0 saturated carbocycles. The van der Waals surface area contributed by atoms with E-state index in [-0.39, 0.29) is 18.2 Å². The molecule has 0 aromatic heterocycles. The van der Waals surface area contributed by atoms with E-state index in [9.17, 15) is 4.79 Å². The molecule has 2 aliphatic heterocycles. The third kappa shape index (κ3) is 2.94. The number of hydrogen-bond acceptors (Lipinski definition) is 3. The van der Waals surface area contributed by atoms with E-state index in [0.717, 1.165) is 12.8 Å². The molecule has 1 aromatic carbocycles. The van der Waals surface area contributed by atoms with E-state index < -0.39 is 6.09 Å². The Morgan fingerprint density at radius 3 is 2.75 bits per heavy atom. The van der Waals surface area contributed by atoms with E-state index >= 15 is 0 Å². The lowest BCUT2D eigenvalue weighted by Gasteiger charge is -2.24. The fraction of sp³-hybridized carbons (Fsp3) is 0.533. The topological polar surface area (TPSA) is 67.8 Å². The number of nitrogens with one attached hydrogen (secondary N) is 1. The molecule has 20 heavy (non-hydrogen) atoms. The fourth-order valence-electron chi connectivity index (χ4n) is 3.14. The monoisotopic (exact) mass is 277 g/mol. The number of hydrogen-bond donors (Lipinski definition) is 2. The molecule has 1 aromatic rings. The van der Waals surface area contributed by atoms with E-state index in [4.69, 9.17) is 14.6 Å². The van der Waals surface area contributed by atoms with E-state index in [1.54, 1.807) is 0 Å². The maximum absolute atomic E-state index is 10.7. The van der Waals surface area contributed by atoms with Crippen LogP contribution in [0.25, 0.3) is 0 Å². The number of ether oxygens (including phenoxy) is 2. The summed E-state index contributed by atoms with van der Waals surface area (Å²) < 4.78 is 11.6. The second-order valence-corrected chi connectivity index (χ2v) is 5.50. The SMILES string of the molecule is O=C(O)N[C@H]1C[C@H]2O[C@@H]1CC2COCc1ccccc1. The average Bonchev–Trinajstić information content (AvgIpc) is 2.99. The molecule has 0 radical (unpaired) electrons. The second-order valence-electron chi connectivity index (χ2n) is 5.50. The van der Waals surface area contributed by atoms with Crippen LogP contribution in [0.15, 0.2) is 30.3 Å². The Morgan fingerprint density at radius 1 is 1.30 bits per heavy atom. The summed E-state index contributed by atoms with van der Waals surface area (Å²) in [7, 11) is 0. The van der Waals surface area contributed by atoms with Crippen molar-refractivity contribution in [1.29, 1.82) is 0 Å². The molecule has 2 bridgehead atoms. The number of carboxylic acid groups (broad SMARTS) is 1. The molecule has 2 saturated heterocycles. The average molecular weight is 277 g/mol. The van der Waals surface area contributed by atoms with Gasteiger partial charge in [0.2, 0.25) is 0 Å². The molecular weight excluding hydrogens is 258 g/mol. The van der Waals surface area contributed by atoms with Gasteiger partial charge >= 0.3 is 6.09 Å². The van der Waals surface area contributed by atoms with Crippen molar-refractivity contribution < 1.29 is 19.4 Å². The molecule has 2 fully saturated rings. The van der Waals surface area contributed by atoms with Crippen molar-refractivity contribution in [2.75, 3.05) is 6.61 Å². The minimum atomic E-state index is -0.969. The molecule has 5 heteroatoms. The highest BCUT2D eigenvalue weighted by molar-refractivity contribution is 5.65. The molecule has 1 amide bonds. The third-order valence-corrected chi connectivity index (χ3v) is 4.10. The Morgan fingerprint density at radius 2 is 2.10 bits per heavy atom. The first-order valence-electron chi connectivity index (χ1n) is 6.99. The van der Waals surface area contributed by atoms with Gasteiger partial charge in [-0.15, -0.1) is 0 Å². The maximum atomic E-state index is 10.7. The van der Waals surface area contributed by atoms with Gasteiger partial charge in [0.1, 0.15) is 0 Å². The van der Waals surface area contributed by atoms with Crippen LogP contribution >= 0.6 is 0 Å².